The normalized spacial score (nSPS) is 15.4. The number of hydrogen-bond donors (Lipinski definition) is 4. The quantitative estimate of drug-likeness (QED) is 0.296. The minimum Gasteiger partial charge on any atom is -0.505 e. The minimum absolute atomic E-state index is 0.261. The summed E-state index contributed by atoms with van der Waals surface area (Å²) in [5, 5.41) is 14.1. The second-order valence-electron chi connectivity index (χ2n) is 7.53. The van der Waals surface area contributed by atoms with Crippen LogP contribution in [0.1, 0.15) is 29.2 Å². The largest absolute Gasteiger partial charge is 0.505 e. The summed E-state index contributed by atoms with van der Waals surface area (Å²) in [6.07, 6.45) is 0.700. The van der Waals surface area contributed by atoms with E-state index in [0.717, 1.165) is 29.8 Å². The molecule has 0 aromatic heterocycles. The highest BCUT2D eigenvalue weighted by atomic mass is 35.5. The van der Waals surface area contributed by atoms with Crippen LogP contribution in [-0.4, -0.2) is 42.2 Å². The molecule has 1 aliphatic heterocycles. The molecule has 6 N–H and O–H groups in total. The van der Waals surface area contributed by atoms with Gasteiger partial charge in [0.15, 0.2) is 5.76 Å². The third-order valence-electron chi connectivity index (χ3n) is 5.34. The van der Waals surface area contributed by atoms with Gasteiger partial charge < -0.3 is 26.6 Å². The predicted molar refractivity (Wildman–Crippen MR) is 123 cm³/mol. The smallest absolute Gasteiger partial charge is 0.271 e. The van der Waals surface area contributed by atoms with Gasteiger partial charge in [0.1, 0.15) is 5.70 Å². The van der Waals surface area contributed by atoms with Gasteiger partial charge in [0.25, 0.3) is 5.91 Å². The summed E-state index contributed by atoms with van der Waals surface area (Å²) in [5.41, 5.74) is 15.6. The van der Waals surface area contributed by atoms with E-state index in [9.17, 15) is 9.90 Å². The Hall–Kier alpha value is -2.74. The summed E-state index contributed by atoms with van der Waals surface area (Å²) in [7, 11) is 0. The molecule has 1 saturated heterocycles. The zero-order valence-corrected chi connectivity index (χ0v) is 18.4. The number of aryl methyl sites for hydroxylation is 1. The first kappa shape index (κ1) is 22.9. The van der Waals surface area contributed by atoms with E-state index < -0.39 is 5.91 Å². The third kappa shape index (κ3) is 5.91. The number of hydrogen-bond acceptors (Lipinski definition) is 6. The molecule has 166 valence electrons. The van der Waals surface area contributed by atoms with E-state index in [1.807, 2.05) is 25.1 Å². The molecule has 1 amide bonds. The maximum Gasteiger partial charge on any atom is 0.271 e. The van der Waals surface area contributed by atoms with Gasteiger partial charge in [0, 0.05) is 42.5 Å². The van der Waals surface area contributed by atoms with Crippen molar-refractivity contribution in [1.82, 2.24) is 10.2 Å². The summed E-state index contributed by atoms with van der Waals surface area (Å²) >= 11 is 5.88. The van der Waals surface area contributed by atoms with Gasteiger partial charge in [-0.1, -0.05) is 36.7 Å². The van der Waals surface area contributed by atoms with Gasteiger partial charge in [-0.3, -0.25) is 9.69 Å². The number of aliphatic hydroxyl groups excluding tert-OH is 1. The summed E-state index contributed by atoms with van der Waals surface area (Å²) in [5.74, 6) is -0.881. The second-order valence-corrected chi connectivity index (χ2v) is 7.97. The molecular weight excluding hydrogens is 416 g/mol. The van der Waals surface area contributed by atoms with Gasteiger partial charge in [0.2, 0.25) is 0 Å². The Bertz CT molecular complexity index is 954. The van der Waals surface area contributed by atoms with E-state index in [-0.39, 0.29) is 18.0 Å². The van der Waals surface area contributed by atoms with Gasteiger partial charge in [-0.15, -0.1) is 0 Å². The molecule has 0 atom stereocenters. The number of anilines is 1. The number of nitrogens with zero attached hydrogens (tertiary/aromatic N) is 1. The first-order valence-electron chi connectivity index (χ1n) is 10.3. The van der Waals surface area contributed by atoms with Crippen molar-refractivity contribution >= 4 is 29.0 Å². The van der Waals surface area contributed by atoms with Crippen LogP contribution in [0.2, 0.25) is 5.02 Å². The number of carbonyl (C=O) groups excluding carboxylic acids is 1. The second kappa shape index (κ2) is 10.5. The number of nitrogens with one attached hydrogen (secondary N) is 1. The minimum atomic E-state index is -0.566. The van der Waals surface area contributed by atoms with Crippen molar-refractivity contribution in [1.29, 1.82) is 0 Å². The molecule has 1 aliphatic rings. The number of ether oxygens (including phenoxy) is 1. The van der Waals surface area contributed by atoms with Crippen molar-refractivity contribution in [3.8, 4) is 0 Å². The molecule has 8 heteroatoms. The number of nitrogen functional groups attached to an aromatic ring is 1. The Labute approximate surface area is 187 Å². The Balaban J connectivity index is 1.80. The molecule has 0 aliphatic carbocycles. The monoisotopic (exact) mass is 444 g/mol. The molecule has 0 spiro atoms. The molecule has 31 heavy (non-hydrogen) atoms. The van der Waals surface area contributed by atoms with E-state index in [1.54, 1.807) is 18.2 Å². The lowest BCUT2D eigenvalue weighted by Gasteiger charge is -2.27. The van der Waals surface area contributed by atoms with E-state index in [4.69, 9.17) is 27.8 Å². The van der Waals surface area contributed by atoms with Crippen molar-refractivity contribution in [2.24, 2.45) is 5.73 Å². The van der Waals surface area contributed by atoms with Gasteiger partial charge >= 0.3 is 0 Å². The molecule has 0 saturated carbocycles. The number of carbonyl (C=O) groups is 1. The van der Waals surface area contributed by atoms with Crippen molar-refractivity contribution in [2.75, 3.05) is 32.0 Å². The number of morpholine rings is 1. The van der Waals surface area contributed by atoms with Crippen LogP contribution in [0, 0.1) is 0 Å². The summed E-state index contributed by atoms with van der Waals surface area (Å²) in [6.45, 7) is 6.06. The molecule has 3 rings (SSSR count). The highest BCUT2D eigenvalue weighted by Crippen LogP contribution is 2.28. The lowest BCUT2D eigenvalue weighted by atomic mass is 9.98. The molecule has 1 fully saturated rings. The topological polar surface area (TPSA) is 114 Å². The maximum absolute atomic E-state index is 12.5. The Morgan fingerprint density at radius 2 is 1.87 bits per heavy atom. The van der Waals surface area contributed by atoms with Crippen LogP contribution in [-0.2, 0) is 29.0 Å². The molecule has 0 bridgehead atoms. The highest BCUT2D eigenvalue weighted by molar-refractivity contribution is 6.30. The molecule has 2 aromatic rings. The fraction of sp³-hybridized carbons (Fsp3) is 0.348. The maximum atomic E-state index is 12.5. The summed E-state index contributed by atoms with van der Waals surface area (Å²) < 4.78 is 5.41. The number of aliphatic hydroxyl groups is 1. The number of amides is 1. The average Bonchev–Trinajstić information content (AvgIpc) is 2.79. The SMILES string of the molecule is CCc1cc(CN2CCOCC2)cc(/C(O)=C(\N)C(=O)NCc2ccc(Cl)cc2)c1N. The first-order chi connectivity index (χ1) is 14.9. The number of benzene rings is 2. The number of rotatable bonds is 7. The van der Waals surface area contributed by atoms with E-state index in [2.05, 4.69) is 10.2 Å². The fourth-order valence-electron chi connectivity index (χ4n) is 3.51. The van der Waals surface area contributed by atoms with Crippen molar-refractivity contribution in [3.05, 3.63) is 69.4 Å². The van der Waals surface area contributed by atoms with Crippen LogP contribution in [0.3, 0.4) is 0 Å². The standard InChI is InChI=1S/C23H29ClN4O3/c1-2-17-11-16(14-28-7-9-31-10-8-28)12-19(20(17)25)22(29)21(26)23(30)27-13-15-3-5-18(24)6-4-15/h3-6,11-12,29H,2,7-10,13-14,25-26H2,1H3,(H,27,30)/b22-21+. The predicted octanol–water partition coefficient (Wildman–Crippen LogP) is 2.82. The molecular formula is C23H29ClN4O3. The van der Waals surface area contributed by atoms with Crippen LogP contribution in [0.4, 0.5) is 5.69 Å². The average molecular weight is 445 g/mol. The van der Waals surface area contributed by atoms with Crippen LogP contribution in [0.25, 0.3) is 5.76 Å². The highest BCUT2D eigenvalue weighted by Gasteiger charge is 2.19. The van der Waals surface area contributed by atoms with Crippen molar-refractivity contribution in [3.63, 3.8) is 0 Å². The Morgan fingerprint density at radius 1 is 1.19 bits per heavy atom. The van der Waals surface area contributed by atoms with Crippen LogP contribution in [0.5, 0.6) is 0 Å². The van der Waals surface area contributed by atoms with Crippen molar-refractivity contribution < 1.29 is 14.6 Å². The van der Waals surface area contributed by atoms with Crippen LogP contribution in [0.15, 0.2) is 42.1 Å². The summed E-state index contributed by atoms with van der Waals surface area (Å²) in [6, 6.07) is 10.9. The Morgan fingerprint density at radius 3 is 2.52 bits per heavy atom. The number of nitrogens with two attached hydrogens (primary N) is 2. The molecule has 0 unspecified atom stereocenters. The first-order valence-corrected chi connectivity index (χ1v) is 10.7. The van der Waals surface area contributed by atoms with Gasteiger partial charge in [-0.05, 0) is 41.3 Å². The van der Waals surface area contributed by atoms with Gasteiger partial charge in [-0.2, -0.15) is 0 Å². The molecule has 1 heterocycles. The zero-order chi connectivity index (χ0) is 22.4. The Kier molecular flexibility index (Phi) is 7.79. The molecule has 0 radical (unpaired) electrons. The van der Waals surface area contributed by atoms with Gasteiger partial charge in [0.05, 0.1) is 13.2 Å². The third-order valence-corrected chi connectivity index (χ3v) is 5.59. The zero-order valence-electron chi connectivity index (χ0n) is 17.7. The van der Waals surface area contributed by atoms with Crippen LogP contribution < -0.4 is 16.8 Å². The lowest BCUT2D eigenvalue weighted by molar-refractivity contribution is -0.117. The lowest BCUT2D eigenvalue weighted by Crippen LogP contribution is -2.35. The van der Waals surface area contributed by atoms with E-state index >= 15 is 0 Å². The number of halogens is 1. The fourth-order valence-corrected chi connectivity index (χ4v) is 3.63. The summed E-state index contributed by atoms with van der Waals surface area (Å²) in [4.78, 5) is 14.8. The van der Waals surface area contributed by atoms with Crippen LogP contribution >= 0.6 is 11.6 Å². The molecule has 7 nitrogen and oxygen atoms in total. The van der Waals surface area contributed by atoms with Gasteiger partial charge in [-0.25, -0.2) is 0 Å². The van der Waals surface area contributed by atoms with E-state index in [0.29, 0.717) is 42.5 Å². The van der Waals surface area contributed by atoms with Crippen molar-refractivity contribution in [2.45, 2.75) is 26.4 Å². The molecule has 2 aromatic carbocycles. The van der Waals surface area contributed by atoms with E-state index in [1.165, 1.54) is 0 Å².